The molecule has 0 saturated carbocycles. The van der Waals surface area contributed by atoms with Gasteiger partial charge in [0.25, 0.3) is 5.69 Å². The summed E-state index contributed by atoms with van der Waals surface area (Å²) >= 11 is 0. The Morgan fingerprint density at radius 2 is 1.65 bits per heavy atom. The van der Waals surface area contributed by atoms with Crippen LogP contribution >= 0.6 is 0 Å². The second kappa shape index (κ2) is 4.73. The molecule has 1 heterocycles. The molecule has 4 heteroatoms. The maximum absolute atomic E-state index is 10.9. The van der Waals surface area contributed by atoms with E-state index in [2.05, 4.69) is 4.90 Å². The Morgan fingerprint density at radius 1 is 1.12 bits per heavy atom. The number of nitrogens with zero attached hydrogens (tertiary/aromatic N) is 2. The number of aryl methyl sites for hydroxylation is 2. The molecular weight excluding hydrogens is 216 g/mol. The van der Waals surface area contributed by atoms with Gasteiger partial charge in [-0.1, -0.05) is 0 Å². The molecular formula is C13H18N2O2. The number of hydrogen-bond donors (Lipinski definition) is 0. The van der Waals surface area contributed by atoms with Gasteiger partial charge in [-0.3, -0.25) is 10.1 Å². The van der Waals surface area contributed by atoms with E-state index in [9.17, 15) is 10.1 Å². The normalized spacial score (nSPS) is 16.0. The lowest BCUT2D eigenvalue weighted by molar-refractivity contribution is -0.386. The molecule has 1 saturated heterocycles. The van der Waals surface area contributed by atoms with E-state index < -0.39 is 0 Å². The fraction of sp³-hybridized carbons (Fsp3) is 0.538. The molecule has 0 spiro atoms. The third-order valence-corrected chi connectivity index (χ3v) is 3.38. The highest BCUT2D eigenvalue weighted by atomic mass is 16.6. The SMILES string of the molecule is Cc1cc(N2CCCCC2)cc(C)c1[N+](=O)[O-]. The Hall–Kier alpha value is -1.58. The Bertz CT molecular complexity index is 414. The van der Waals surface area contributed by atoms with Gasteiger partial charge in [-0.05, 0) is 45.2 Å². The van der Waals surface area contributed by atoms with Crippen molar-refractivity contribution in [3.8, 4) is 0 Å². The lowest BCUT2D eigenvalue weighted by Crippen LogP contribution is -2.29. The van der Waals surface area contributed by atoms with Crippen molar-refractivity contribution in [2.45, 2.75) is 33.1 Å². The van der Waals surface area contributed by atoms with Crippen LogP contribution in [0.4, 0.5) is 11.4 Å². The third kappa shape index (κ3) is 2.40. The minimum absolute atomic E-state index is 0.255. The first kappa shape index (κ1) is 11.9. The smallest absolute Gasteiger partial charge is 0.275 e. The molecule has 0 aliphatic carbocycles. The van der Waals surface area contributed by atoms with Gasteiger partial charge in [0.05, 0.1) is 4.92 Å². The molecule has 92 valence electrons. The Kier molecular flexibility index (Phi) is 3.31. The molecule has 1 aliphatic rings. The van der Waals surface area contributed by atoms with Gasteiger partial charge in [-0.2, -0.15) is 0 Å². The molecule has 0 amide bonds. The zero-order valence-corrected chi connectivity index (χ0v) is 10.4. The minimum Gasteiger partial charge on any atom is -0.372 e. The van der Waals surface area contributed by atoms with Crippen LogP contribution in [0.25, 0.3) is 0 Å². The topological polar surface area (TPSA) is 46.4 Å². The molecule has 17 heavy (non-hydrogen) atoms. The summed E-state index contributed by atoms with van der Waals surface area (Å²) < 4.78 is 0. The van der Waals surface area contributed by atoms with E-state index >= 15 is 0 Å². The third-order valence-electron chi connectivity index (χ3n) is 3.38. The number of nitro groups is 1. The van der Waals surface area contributed by atoms with Crippen molar-refractivity contribution in [3.05, 3.63) is 33.4 Å². The van der Waals surface area contributed by atoms with Gasteiger partial charge in [-0.15, -0.1) is 0 Å². The standard InChI is InChI=1S/C13H18N2O2/c1-10-8-12(14-6-4-3-5-7-14)9-11(2)13(10)15(16)17/h8-9H,3-7H2,1-2H3. The quantitative estimate of drug-likeness (QED) is 0.583. The van der Waals surface area contributed by atoms with Crippen molar-refractivity contribution in [3.63, 3.8) is 0 Å². The summed E-state index contributed by atoms with van der Waals surface area (Å²) in [5.41, 5.74) is 2.90. The van der Waals surface area contributed by atoms with Crippen LogP contribution in [0.3, 0.4) is 0 Å². The second-order valence-electron chi connectivity index (χ2n) is 4.73. The van der Waals surface area contributed by atoms with Gasteiger partial charge in [0.2, 0.25) is 0 Å². The number of anilines is 1. The average Bonchev–Trinajstić information content (AvgIpc) is 2.28. The fourth-order valence-corrected chi connectivity index (χ4v) is 2.56. The van der Waals surface area contributed by atoms with Crippen molar-refractivity contribution in [2.75, 3.05) is 18.0 Å². The van der Waals surface area contributed by atoms with E-state index in [0.29, 0.717) is 0 Å². The van der Waals surface area contributed by atoms with Crippen molar-refractivity contribution < 1.29 is 4.92 Å². The molecule has 0 aromatic heterocycles. The molecule has 1 aromatic carbocycles. The van der Waals surface area contributed by atoms with Gasteiger partial charge < -0.3 is 4.90 Å². The van der Waals surface area contributed by atoms with Crippen molar-refractivity contribution in [1.82, 2.24) is 0 Å². The van der Waals surface area contributed by atoms with Crippen LogP contribution in [-0.4, -0.2) is 18.0 Å². The number of benzene rings is 1. The first-order valence-electron chi connectivity index (χ1n) is 6.10. The van der Waals surface area contributed by atoms with E-state index in [1.807, 2.05) is 26.0 Å². The Labute approximate surface area is 101 Å². The molecule has 1 fully saturated rings. The van der Waals surface area contributed by atoms with Crippen LogP contribution in [0.5, 0.6) is 0 Å². The van der Waals surface area contributed by atoms with Gasteiger partial charge in [0.15, 0.2) is 0 Å². The van der Waals surface area contributed by atoms with E-state index in [0.717, 1.165) is 29.9 Å². The summed E-state index contributed by atoms with van der Waals surface area (Å²) in [6.45, 7) is 5.77. The minimum atomic E-state index is -0.287. The molecule has 1 aromatic rings. The summed E-state index contributed by atoms with van der Waals surface area (Å²) in [5.74, 6) is 0. The first-order chi connectivity index (χ1) is 8.09. The highest BCUT2D eigenvalue weighted by Crippen LogP contribution is 2.29. The summed E-state index contributed by atoms with van der Waals surface area (Å²) in [6, 6.07) is 3.88. The van der Waals surface area contributed by atoms with E-state index in [-0.39, 0.29) is 10.6 Å². The molecule has 4 nitrogen and oxygen atoms in total. The van der Waals surface area contributed by atoms with E-state index in [1.165, 1.54) is 19.3 Å². The van der Waals surface area contributed by atoms with E-state index in [4.69, 9.17) is 0 Å². The Morgan fingerprint density at radius 3 is 2.12 bits per heavy atom. The second-order valence-corrected chi connectivity index (χ2v) is 4.73. The molecule has 0 N–H and O–H groups in total. The Balaban J connectivity index is 2.34. The van der Waals surface area contributed by atoms with Crippen LogP contribution < -0.4 is 4.90 Å². The molecule has 0 radical (unpaired) electrons. The fourth-order valence-electron chi connectivity index (χ4n) is 2.56. The van der Waals surface area contributed by atoms with Crippen molar-refractivity contribution in [1.29, 1.82) is 0 Å². The lowest BCUT2D eigenvalue weighted by atomic mass is 10.0. The largest absolute Gasteiger partial charge is 0.372 e. The number of nitro benzene ring substituents is 1. The predicted octanol–water partition coefficient (Wildman–Crippen LogP) is 3.20. The first-order valence-corrected chi connectivity index (χ1v) is 6.10. The number of rotatable bonds is 2. The maximum atomic E-state index is 10.9. The maximum Gasteiger partial charge on any atom is 0.275 e. The lowest BCUT2D eigenvalue weighted by Gasteiger charge is -2.29. The van der Waals surface area contributed by atoms with Crippen LogP contribution in [0, 0.1) is 24.0 Å². The molecule has 0 bridgehead atoms. The zero-order chi connectivity index (χ0) is 12.4. The number of piperidine rings is 1. The van der Waals surface area contributed by atoms with Gasteiger partial charge in [0.1, 0.15) is 0 Å². The highest BCUT2D eigenvalue weighted by Gasteiger charge is 2.18. The summed E-state index contributed by atoms with van der Waals surface area (Å²) in [6.07, 6.45) is 3.73. The molecule has 0 unspecified atom stereocenters. The molecule has 2 rings (SSSR count). The van der Waals surface area contributed by atoms with Crippen LogP contribution in [-0.2, 0) is 0 Å². The van der Waals surface area contributed by atoms with Crippen molar-refractivity contribution in [2.24, 2.45) is 0 Å². The van der Waals surface area contributed by atoms with Crippen molar-refractivity contribution >= 4 is 11.4 Å². The average molecular weight is 234 g/mol. The highest BCUT2D eigenvalue weighted by molar-refractivity contribution is 5.59. The van der Waals surface area contributed by atoms with Crippen LogP contribution in [0.2, 0.25) is 0 Å². The zero-order valence-electron chi connectivity index (χ0n) is 10.4. The monoisotopic (exact) mass is 234 g/mol. The summed E-state index contributed by atoms with van der Waals surface area (Å²) in [4.78, 5) is 13.0. The predicted molar refractivity (Wildman–Crippen MR) is 68.6 cm³/mol. The van der Waals surface area contributed by atoms with Crippen LogP contribution in [0.1, 0.15) is 30.4 Å². The number of hydrogen-bond acceptors (Lipinski definition) is 3. The van der Waals surface area contributed by atoms with Gasteiger partial charge in [-0.25, -0.2) is 0 Å². The summed E-state index contributed by atoms with van der Waals surface area (Å²) in [7, 11) is 0. The summed E-state index contributed by atoms with van der Waals surface area (Å²) in [5, 5.41) is 10.9. The van der Waals surface area contributed by atoms with Crippen LogP contribution in [0.15, 0.2) is 12.1 Å². The molecule has 0 atom stereocenters. The van der Waals surface area contributed by atoms with E-state index in [1.54, 1.807) is 0 Å². The molecule has 1 aliphatic heterocycles. The van der Waals surface area contributed by atoms with Gasteiger partial charge >= 0.3 is 0 Å². The van der Waals surface area contributed by atoms with Gasteiger partial charge in [0, 0.05) is 29.9 Å².